The summed E-state index contributed by atoms with van der Waals surface area (Å²) in [4.78, 5) is 0. The molecule has 1 rings (SSSR count). The van der Waals surface area contributed by atoms with Crippen molar-refractivity contribution >= 4 is 0 Å². The highest BCUT2D eigenvalue weighted by molar-refractivity contribution is 5.14. The average molecular weight is 165 g/mol. The lowest BCUT2D eigenvalue weighted by molar-refractivity contribution is -0.374. The van der Waals surface area contributed by atoms with Crippen LogP contribution in [0.5, 0.6) is 0 Å². The molecule has 1 aromatic rings. The first kappa shape index (κ1) is 9.23. The maximum atomic E-state index is 10.0. The summed E-state index contributed by atoms with van der Waals surface area (Å²) >= 11 is 0. The van der Waals surface area contributed by atoms with Gasteiger partial charge < -0.3 is 9.84 Å². The van der Waals surface area contributed by atoms with E-state index in [2.05, 4.69) is 12.1 Å². The van der Waals surface area contributed by atoms with Crippen LogP contribution >= 0.6 is 0 Å². The first-order chi connectivity index (χ1) is 5.93. The van der Waals surface area contributed by atoms with Crippen LogP contribution in [0.1, 0.15) is 5.56 Å². The van der Waals surface area contributed by atoms with Gasteiger partial charge in [-0.2, -0.15) is 0 Å². The second-order valence-electron chi connectivity index (χ2n) is 2.55. The Hall–Kier alpha value is -0.860. The fraction of sp³-hybridized carbons (Fsp3) is 0.400. The highest BCUT2D eigenvalue weighted by Crippen LogP contribution is 1.98. The maximum Gasteiger partial charge on any atom is 0.0505 e. The lowest BCUT2D eigenvalue weighted by Gasteiger charge is -2.05. The highest BCUT2D eigenvalue weighted by atomic mass is 16.5. The molecule has 0 radical (unpaired) electrons. The van der Waals surface area contributed by atoms with Crippen LogP contribution in [-0.2, 0) is 11.2 Å². The Balaban J connectivity index is 2.16. The van der Waals surface area contributed by atoms with Gasteiger partial charge in [0.05, 0.1) is 6.61 Å². The number of ether oxygens (including phenoxy) is 1. The van der Waals surface area contributed by atoms with E-state index >= 15 is 0 Å². The van der Waals surface area contributed by atoms with E-state index in [1.165, 1.54) is 5.56 Å². The van der Waals surface area contributed by atoms with Crippen molar-refractivity contribution in [2.45, 2.75) is 6.42 Å². The van der Waals surface area contributed by atoms with E-state index in [0.29, 0.717) is 13.2 Å². The minimum atomic E-state index is -0.144. The molecule has 0 saturated carbocycles. The molecule has 0 unspecified atom stereocenters. The minimum absolute atomic E-state index is 0.144. The molecule has 66 valence electrons. The number of rotatable bonds is 5. The lowest BCUT2D eigenvalue weighted by Crippen LogP contribution is -2.14. The predicted molar refractivity (Wildman–Crippen MR) is 45.8 cm³/mol. The van der Waals surface area contributed by atoms with Gasteiger partial charge in [0.15, 0.2) is 0 Å². The Labute approximate surface area is 72.8 Å². The van der Waals surface area contributed by atoms with Crippen LogP contribution in [0.15, 0.2) is 30.3 Å². The first-order valence-electron chi connectivity index (χ1n) is 4.13. The van der Waals surface area contributed by atoms with Crippen LogP contribution < -0.4 is 5.11 Å². The Morgan fingerprint density at radius 3 is 2.50 bits per heavy atom. The van der Waals surface area contributed by atoms with Crippen LogP contribution in [0.3, 0.4) is 0 Å². The fourth-order valence-electron chi connectivity index (χ4n) is 0.996. The first-order valence-corrected chi connectivity index (χ1v) is 4.13. The van der Waals surface area contributed by atoms with Crippen molar-refractivity contribution in [3.8, 4) is 0 Å². The molecular weight excluding hydrogens is 152 g/mol. The zero-order chi connectivity index (χ0) is 8.65. The molecule has 0 bridgehead atoms. The molecule has 0 saturated heterocycles. The second-order valence-corrected chi connectivity index (χ2v) is 2.55. The van der Waals surface area contributed by atoms with Crippen LogP contribution in [0, 0.1) is 0 Å². The molecular formula is C10H13O2-. The topological polar surface area (TPSA) is 32.3 Å². The summed E-state index contributed by atoms with van der Waals surface area (Å²) in [6.07, 6.45) is 0.890. The van der Waals surface area contributed by atoms with Gasteiger partial charge in [-0.25, -0.2) is 0 Å². The molecule has 0 aliphatic rings. The van der Waals surface area contributed by atoms with Gasteiger partial charge in [0.25, 0.3) is 0 Å². The molecule has 0 aromatic heterocycles. The SMILES string of the molecule is [O-]CCOCCc1ccccc1. The smallest absolute Gasteiger partial charge is 0.0505 e. The van der Waals surface area contributed by atoms with Crippen molar-refractivity contribution in [3.63, 3.8) is 0 Å². The summed E-state index contributed by atoms with van der Waals surface area (Å²) in [7, 11) is 0. The molecule has 2 nitrogen and oxygen atoms in total. The monoisotopic (exact) mass is 165 g/mol. The van der Waals surface area contributed by atoms with Crippen molar-refractivity contribution < 1.29 is 9.84 Å². The quantitative estimate of drug-likeness (QED) is 0.599. The maximum absolute atomic E-state index is 10.0. The van der Waals surface area contributed by atoms with Crippen LogP contribution in [0.25, 0.3) is 0 Å². The Kier molecular flexibility index (Phi) is 4.42. The van der Waals surface area contributed by atoms with Gasteiger partial charge in [-0.3, -0.25) is 0 Å². The van der Waals surface area contributed by atoms with E-state index < -0.39 is 0 Å². The second kappa shape index (κ2) is 5.75. The number of hydrogen-bond donors (Lipinski definition) is 0. The summed E-state index contributed by atoms with van der Waals surface area (Å²) in [6, 6.07) is 10.1. The summed E-state index contributed by atoms with van der Waals surface area (Å²) in [5, 5.41) is 10.0. The summed E-state index contributed by atoms with van der Waals surface area (Å²) in [5.41, 5.74) is 1.25. The van der Waals surface area contributed by atoms with Crippen LogP contribution in [-0.4, -0.2) is 19.8 Å². The minimum Gasteiger partial charge on any atom is -0.853 e. The Morgan fingerprint density at radius 2 is 1.83 bits per heavy atom. The van der Waals surface area contributed by atoms with Gasteiger partial charge >= 0.3 is 0 Å². The van der Waals surface area contributed by atoms with Crippen molar-refractivity contribution in [1.82, 2.24) is 0 Å². The largest absolute Gasteiger partial charge is 0.853 e. The highest BCUT2D eigenvalue weighted by Gasteiger charge is 1.89. The van der Waals surface area contributed by atoms with Gasteiger partial charge in [-0.05, 0) is 12.0 Å². The predicted octanol–water partition coefficient (Wildman–Crippen LogP) is 0.606. The van der Waals surface area contributed by atoms with E-state index in [4.69, 9.17) is 4.74 Å². The number of benzene rings is 1. The molecule has 0 aliphatic heterocycles. The normalized spacial score (nSPS) is 10.1. The van der Waals surface area contributed by atoms with Gasteiger partial charge in [0.2, 0.25) is 0 Å². The van der Waals surface area contributed by atoms with Crippen LogP contribution in [0.2, 0.25) is 0 Å². The van der Waals surface area contributed by atoms with E-state index in [1.807, 2.05) is 18.2 Å². The van der Waals surface area contributed by atoms with Gasteiger partial charge in [0, 0.05) is 6.61 Å². The zero-order valence-electron chi connectivity index (χ0n) is 7.03. The van der Waals surface area contributed by atoms with Crippen molar-refractivity contribution in [2.24, 2.45) is 0 Å². The van der Waals surface area contributed by atoms with Crippen molar-refractivity contribution in [1.29, 1.82) is 0 Å². The average Bonchev–Trinajstić information content (AvgIpc) is 2.14. The molecule has 1 aromatic carbocycles. The third kappa shape index (κ3) is 3.51. The molecule has 0 aliphatic carbocycles. The summed E-state index contributed by atoms with van der Waals surface area (Å²) in [5.74, 6) is 0. The van der Waals surface area contributed by atoms with Crippen LogP contribution in [0.4, 0.5) is 0 Å². The lowest BCUT2D eigenvalue weighted by atomic mass is 10.2. The Bertz CT molecular complexity index is 196. The molecule has 12 heavy (non-hydrogen) atoms. The standard InChI is InChI=1S/C10H13O2/c11-7-9-12-8-6-10-4-2-1-3-5-10/h1-5H,6-9H2/q-1. The molecule has 0 amide bonds. The van der Waals surface area contributed by atoms with E-state index in [-0.39, 0.29) is 6.61 Å². The van der Waals surface area contributed by atoms with Crippen molar-refractivity contribution in [3.05, 3.63) is 35.9 Å². The molecule has 0 atom stereocenters. The number of hydrogen-bond acceptors (Lipinski definition) is 2. The fourth-order valence-corrected chi connectivity index (χ4v) is 0.996. The van der Waals surface area contributed by atoms with Gasteiger partial charge in [0.1, 0.15) is 0 Å². The third-order valence-corrected chi connectivity index (χ3v) is 1.61. The van der Waals surface area contributed by atoms with E-state index in [1.54, 1.807) is 0 Å². The summed E-state index contributed by atoms with van der Waals surface area (Å²) < 4.78 is 5.07. The molecule has 0 N–H and O–H groups in total. The molecule has 0 fully saturated rings. The molecule has 2 heteroatoms. The Morgan fingerprint density at radius 1 is 1.08 bits per heavy atom. The van der Waals surface area contributed by atoms with Gasteiger partial charge in [-0.1, -0.05) is 30.3 Å². The summed E-state index contributed by atoms with van der Waals surface area (Å²) in [6.45, 7) is 0.827. The van der Waals surface area contributed by atoms with E-state index in [0.717, 1.165) is 6.42 Å². The third-order valence-electron chi connectivity index (χ3n) is 1.61. The van der Waals surface area contributed by atoms with Gasteiger partial charge in [-0.15, -0.1) is 6.61 Å². The zero-order valence-corrected chi connectivity index (χ0v) is 7.03. The van der Waals surface area contributed by atoms with E-state index in [9.17, 15) is 5.11 Å². The van der Waals surface area contributed by atoms with Crippen molar-refractivity contribution in [2.75, 3.05) is 19.8 Å². The molecule has 0 spiro atoms. The molecule has 0 heterocycles.